The second kappa shape index (κ2) is 5.94. The van der Waals surface area contributed by atoms with E-state index in [-0.39, 0.29) is 11.9 Å². The molecule has 106 valence electrons. The first-order chi connectivity index (χ1) is 9.09. The molecule has 3 unspecified atom stereocenters. The van der Waals surface area contributed by atoms with Gasteiger partial charge in [-0.2, -0.15) is 5.26 Å². The fourth-order valence-electron chi connectivity index (χ4n) is 3.60. The Bertz CT molecular complexity index is 363. The minimum Gasteiger partial charge on any atom is -0.352 e. The number of nitrogens with one attached hydrogen (secondary N) is 1. The molecule has 0 bridgehead atoms. The van der Waals surface area contributed by atoms with E-state index in [1.807, 2.05) is 0 Å². The molecule has 0 saturated heterocycles. The number of carbonyl (C=O) groups excluding carboxylic acids is 1. The SMILES string of the molecule is CC1CCC(NC(=O)C2(C#N)CCCCCC2)C1C. The van der Waals surface area contributed by atoms with Crippen molar-refractivity contribution in [1.29, 1.82) is 5.26 Å². The Morgan fingerprint density at radius 1 is 1.16 bits per heavy atom. The van der Waals surface area contributed by atoms with Gasteiger partial charge in [-0.15, -0.1) is 0 Å². The van der Waals surface area contributed by atoms with Crippen LogP contribution in [0.1, 0.15) is 65.2 Å². The van der Waals surface area contributed by atoms with Crippen LogP contribution in [0.4, 0.5) is 0 Å². The highest BCUT2D eigenvalue weighted by molar-refractivity contribution is 5.85. The van der Waals surface area contributed by atoms with Crippen molar-refractivity contribution in [1.82, 2.24) is 5.32 Å². The molecular formula is C16H26N2O. The first-order valence-corrected chi connectivity index (χ1v) is 7.81. The smallest absolute Gasteiger partial charge is 0.240 e. The molecule has 2 rings (SSSR count). The minimum atomic E-state index is -0.748. The quantitative estimate of drug-likeness (QED) is 0.775. The average Bonchev–Trinajstić information content (AvgIpc) is 2.64. The molecule has 3 atom stereocenters. The Morgan fingerprint density at radius 2 is 1.79 bits per heavy atom. The van der Waals surface area contributed by atoms with Gasteiger partial charge < -0.3 is 5.32 Å². The molecule has 0 aromatic rings. The molecule has 0 aromatic carbocycles. The Kier molecular flexibility index (Phi) is 4.50. The average molecular weight is 262 g/mol. The van der Waals surface area contributed by atoms with Crippen molar-refractivity contribution in [2.24, 2.45) is 17.3 Å². The third-order valence-corrected chi connectivity index (χ3v) is 5.39. The highest BCUT2D eigenvalue weighted by atomic mass is 16.2. The third kappa shape index (κ3) is 2.94. The largest absolute Gasteiger partial charge is 0.352 e. The van der Waals surface area contributed by atoms with Crippen LogP contribution in [0.5, 0.6) is 0 Å². The van der Waals surface area contributed by atoms with Crippen LogP contribution in [0.2, 0.25) is 0 Å². The monoisotopic (exact) mass is 262 g/mol. The summed E-state index contributed by atoms with van der Waals surface area (Å²) < 4.78 is 0. The van der Waals surface area contributed by atoms with E-state index in [0.29, 0.717) is 11.8 Å². The molecule has 1 amide bonds. The lowest BCUT2D eigenvalue weighted by Gasteiger charge is -2.28. The summed E-state index contributed by atoms with van der Waals surface area (Å²) in [6.45, 7) is 4.47. The van der Waals surface area contributed by atoms with Crippen LogP contribution in [0.25, 0.3) is 0 Å². The zero-order valence-electron chi connectivity index (χ0n) is 12.2. The predicted molar refractivity (Wildman–Crippen MR) is 75.2 cm³/mol. The van der Waals surface area contributed by atoms with Crippen LogP contribution >= 0.6 is 0 Å². The van der Waals surface area contributed by atoms with Crippen molar-refractivity contribution >= 4 is 5.91 Å². The van der Waals surface area contributed by atoms with Gasteiger partial charge >= 0.3 is 0 Å². The van der Waals surface area contributed by atoms with Crippen molar-refractivity contribution in [3.63, 3.8) is 0 Å². The van der Waals surface area contributed by atoms with Gasteiger partial charge in [0.15, 0.2) is 0 Å². The summed E-state index contributed by atoms with van der Waals surface area (Å²) in [5.74, 6) is 1.21. The molecule has 2 fully saturated rings. The molecule has 1 N–H and O–H groups in total. The van der Waals surface area contributed by atoms with Crippen LogP contribution in [0.3, 0.4) is 0 Å². The molecule has 3 nitrogen and oxygen atoms in total. The molecule has 2 aliphatic rings. The van der Waals surface area contributed by atoms with Crippen molar-refractivity contribution in [3.8, 4) is 6.07 Å². The summed E-state index contributed by atoms with van der Waals surface area (Å²) in [6, 6.07) is 2.62. The van der Waals surface area contributed by atoms with Gasteiger partial charge in [0.05, 0.1) is 6.07 Å². The van der Waals surface area contributed by atoms with E-state index < -0.39 is 5.41 Å². The maximum atomic E-state index is 12.6. The summed E-state index contributed by atoms with van der Waals surface area (Å²) in [6.07, 6.45) is 8.08. The van der Waals surface area contributed by atoms with Crippen LogP contribution in [0, 0.1) is 28.6 Å². The highest BCUT2D eigenvalue weighted by Crippen LogP contribution is 2.36. The Hall–Kier alpha value is -1.04. The summed E-state index contributed by atoms with van der Waals surface area (Å²) in [7, 11) is 0. The third-order valence-electron chi connectivity index (χ3n) is 5.39. The molecule has 0 heterocycles. The number of nitrogens with zero attached hydrogens (tertiary/aromatic N) is 1. The summed E-state index contributed by atoms with van der Waals surface area (Å²) >= 11 is 0. The van der Waals surface area contributed by atoms with E-state index in [2.05, 4.69) is 25.2 Å². The summed E-state index contributed by atoms with van der Waals surface area (Å²) in [5, 5.41) is 12.7. The van der Waals surface area contributed by atoms with Crippen molar-refractivity contribution < 1.29 is 4.79 Å². The van der Waals surface area contributed by atoms with Gasteiger partial charge in [-0.3, -0.25) is 4.79 Å². The second-order valence-corrected chi connectivity index (χ2v) is 6.60. The van der Waals surface area contributed by atoms with Gasteiger partial charge in [0.25, 0.3) is 0 Å². The van der Waals surface area contributed by atoms with E-state index in [1.54, 1.807) is 0 Å². The van der Waals surface area contributed by atoms with Gasteiger partial charge in [0, 0.05) is 6.04 Å². The van der Waals surface area contributed by atoms with E-state index >= 15 is 0 Å². The molecule has 0 aromatic heterocycles. The number of hydrogen-bond donors (Lipinski definition) is 1. The minimum absolute atomic E-state index is 0.00264. The van der Waals surface area contributed by atoms with Gasteiger partial charge in [0.1, 0.15) is 5.41 Å². The fourth-order valence-corrected chi connectivity index (χ4v) is 3.60. The lowest BCUT2D eigenvalue weighted by molar-refractivity contribution is -0.129. The van der Waals surface area contributed by atoms with Crippen LogP contribution < -0.4 is 5.32 Å². The molecular weight excluding hydrogens is 236 g/mol. The van der Waals surface area contributed by atoms with Gasteiger partial charge in [-0.1, -0.05) is 39.5 Å². The van der Waals surface area contributed by atoms with E-state index in [0.717, 1.165) is 44.9 Å². The summed E-state index contributed by atoms with van der Waals surface area (Å²) in [4.78, 5) is 12.6. The van der Waals surface area contributed by atoms with Crippen LogP contribution in [0.15, 0.2) is 0 Å². The Labute approximate surface area is 116 Å². The highest BCUT2D eigenvalue weighted by Gasteiger charge is 2.41. The van der Waals surface area contributed by atoms with Gasteiger partial charge in [-0.25, -0.2) is 0 Å². The maximum Gasteiger partial charge on any atom is 0.240 e. The lowest BCUT2D eigenvalue weighted by Crippen LogP contribution is -2.46. The molecule has 0 aliphatic heterocycles. The van der Waals surface area contributed by atoms with Crippen molar-refractivity contribution in [2.75, 3.05) is 0 Å². The topological polar surface area (TPSA) is 52.9 Å². The van der Waals surface area contributed by atoms with Crippen molar-refractivity contribution in [3.05, 3.63) is 0 Å². The number of hydrogen-bond acceptors (Lipinski definition) is 2. The molecule has 3 heteroatoms. The molecule has 2 aliphatic carbocycles. The Balaban J connectivity index is 2.03. The first-order valence-electron chi connectivity index (χ1n) is 7.81. The Morgan fingerprint density at radius 3 is 2.26 bits per heavy atom. The maximum absolute atomic E-state index is 12.6. The lowest BCUT2D eigenvalue weighted by atomic mass is 9.80. The number of nitriles is 1. The first kappa shape index (κ1) is 14.4. The standard InChI is InChI=1S/C16H26N2O/c1-12-7-8-14(13(12)2)18-15(19)16(11-17)9-5-3-4-6-10-16/h12-14H,3-10H2,1-2H3,(H,18,19). The normalized spacial score (nSPS) is 34.3. The second-order valence-electron chi connectivity index (χ2n) is 6.60. The summed E-state index contributed by atoms with van der Waals surface area (Å²) in [5.41, 5.74) is -0.748. The van der Waals surface area contributed by atoms with Gasteiger partial charge in [-0.05, 0) is 37.5 Å². The van der Waals surface area contributed by atoms with Crippen LogP contribution in [-0.4, -0.2) is 11.9 Å². The van der Waals surface area contributed by atoms with Gasteiger partial charge in [0.2, 0.25) is 5.91 Å². The van der Waals surface area contributed by atoms with Crippen molar-refractivity contribution in [2.45, 2.75) is 71.3 Å². The molecule has 0 spiro atoms. The fraction of sp³-hybridized carbons (Fsp3) is 0.875. The molecule has 19 heavy (non-hydrogen) atoms. The number of rotatable bonds is 2. The molecule has 0 radical (unpaired) electrons. The van der Waals surface area contributed by atoms with Crippen LogP contribution in [-0.2, 0) is 4.79 Å². The van der Waals surface area contributed by atoms with E-state index in [4.69, 9.17) is 0 Å². The zero-order chi connectivity index (χ0) is 13.9. The zero-order valence-corrected chi connectivity index (χ0v) is 12.2. The predicted octanol–water partition coefficient (Wildman–Crippen LogP) is 3.40. The molecule has 2 saturated carbocycles. The van der Waals surface area contributed by atoms with E-state index in [9.17, 15) is 10.1 Å². The number of carbonyl (C=O) groups is 1. The number of amides is 1. The van der Waals surface area contributed by atoms with E-state index in [1.165, 1.54) is 6.42 Å².